The normalized spacial score (nSPS) is 12.1. The molecule has 5 heteroatoms. The number of halogens is 1. The molecule has 1 heterocycles. The van der Waals surface area contributed by atoms with E-state index in [9.17, 15) is 4.79 Å². The van der Waals surface area contributed by atoms with Gasteiger partial charge in [0.1, 0.15) is 23.2 Å². The molecule has 0 radical (unpaired) electrons. The van der Waals surface area contributed by atoms with E-state index in [0.29, 0.717) is 40.5 Å². The predicted octanol–water partition coefficient (Wildman–Crippen LogP) is 7.96. The molecule has 0 spiro atoms. The molecule has 1 unspecified atom stereocenters. The van der Waals surface area contributed by atoms with Crippen LogP contribution in [0.1, 0.15) is 49.9 Å². The maximum Gasteiger partial charge on any atom is 0.184 e. The first-order valence-corrected chi connectivity index (χ1v) is 11.3. The van der Waals surface area contributed by atoms with E-state index in [4.69, 9.17) is 26.0 Å². The number of benzene rings is 3. The Morgan fingerprint density at radius 1 is 1.09 bits per heavy atom. The standard InChI is InChI=1S/C27H24ClNO3/c1-3-5-6-24(30)26-23-15-20(28)10-12-25(23)32-27(26)19-8-7-18-14-22(11-9-17(18)13-19)31-21(4-2)16-29/h7-15,21H,3-6H2,1-2H3. The van der Waals surface area contributed by atoms with Crippen LogP contribution in [0.25, 0.3) is 33.1 Å². The summed E-state index contributed by atoms with van der Waals surface area (Å²) in [5.74, 6) is 1.29. The van der Waals surface area contributed by atoms with Gasteiger partial charge in [0.25, 0.3) is 0 Å². The van der Waals surface area contributed by atoms with Gasteiger partial charge in [0, 0.05) is 22.4 Å². The first-order valence-electron chi connectivity index (χ1n) is 10.9. The van der Waals surface area contributed by atoms with Gasteiger partial charge in [-0.05, 0) is 60.0 Å². The third-order valence-corrected chi connectivity index (χ3v) is 5.79. The van der Waals surface area contributed by atoms with Crippen molar-refractivity contribution in [3.8, 4) is 23.1 Å². The minimum Gasteiger partial charge on any atom is -0.476 e. The molecule has 0 amide bonds. The summed E-state index contributed by atoms with van der Waals surface area (Å²) in [5, 5.41) is 12.4. The van der Waals surface area contributed by atoms with Crippen molar-refractivity contribution in [3.05, 3.63) is 65.2 Å². The Hall–Kier alpha value is -3.29. The van der Waals surface area contributed by atoms with Crippen LogP contribution in [0.5, 0.6) is 5.75 Å². The van der Waals surface area contributed by atoms with Gasteiger partial charge in [-0.3, -0.25) is 4.79 Å². The smallest absolute Gasteiger partial charge is 0.184 e. The average molecular weight is 446 g/mol. The predicted molar refractivity (Wildman–Crippen MR) is 128 cm³/mol. The number of carbonyl (C=O) groups excluding carboxylic acids is 1. The first-order chi connectivity index (χ1) is 15.5. The minimum atomic E-state index is -0.467. The van der Waals surface area contributed by atoms with Crippen molar-refractivity contribution in [3.63, 3.8) is 0 Å². The van der Waals surface area contributed by atoms with E-state index in [0.717, 1.165) is 34.6 Å². The van der Waals surface area contributed by atoms with Crippen LogP contribution in [0, 0.1) is 11.3 Å². The summed E-state index contributed by atoms with van der Waals surface area (Å²) in [5.41, 5.74) is 2.08. The molecule has 1 aromatic heterocycles. The van der Waals surface area contributed by atoms with Crippen LogP contribution < -0.4 is 4.74 Å². The van der Waals surface area contributed by atoms with Crippen LogP contribution in [0.4, 0.5) is 0 Å². The molecule has 3 aromatic carbocycles. The third-order valence-electron chi connectivity index (χ3n) is 5.55. The van der Waals surface area contributed by atoms with E-state index in [1.165, 1.54) is 0 Å². The third kappa shape index (κ3) is 4.35. The number of hydrogen-bond donors (Lipinski definition) is 0. The highest BCUT2D eigenvalue weighted by atomic mass is 35.5. The Bertz CT molecular complexity index is 1330. The van der Waals surface area contributed by atoms with Gasteiger partial charge in [0.05, 0.1) is 5.56 Å². The quantitative estimate of drug-likeness (QED) is 0.258. The number of furan rings is 1. The molecule has 4 aromatic rings. The molecular weight excluding hydrogens is 422 g/mol. The molecule has 0 N–H and O–H groups in total. The molecule has 0 aliphatic carbocycles. The summed E-state index contributed by atoms with van der Waals surface area (Å²) in [6.07, 6.45) is 2.40. The Kier molecular flexibility index (Phi) is 6.48. The fourth-order valence-corrected chi connectivity index (χ4v) is 3.99. The van der Waals surface area contributed by atoms with Gasteiger partial charge >= 0.3 is 0 Å². The lowest BCUT2D eigenvalue weighted by molar-refractivity contribution is 0.0981. The van der Waals surface area contributed by atoms with Crippen LogP contribution in [0.2, 0.25) is 5.02 Å². The molecular formula is C27H24ClNO3. The molecule has 0 fully saturated rings. The van der Waals surface area contributed by atoms with Gasteiger partial charge in [-0.25, -0.2) is 0 Å². The minimum absolute atomic E-state index is 0.0637. The summed E-state index contributed by atoms with van der Waals surface area (Å²) in [6, 6.07) is 19.2. The number of ether oxygens (including phenoxy) is 1. The fourth-order valence-electron chi connectivity index (χ4n) is 3.82. The van der Waals surface area contributed by atoms with Crippen LogP contribution in [-0.2, 0) is 0 Å². The van der Waals surface area contributed by atoms with Crippen molar-refractivity contribution in [1.82, 2.24) is 0 Å². The van der Waals surface area contributed by atoms with Crippen molar-refractivity contribution in [2.24, 2.45) is 0 Å². The molecule has 0 bridgehead atoms. The molecule has 1 atom stereocenters. The summed E-state index contributed by atoms with van der Waals surface area (Å²) in [6.45, 7) is 3.99. The molecule has 4 rings (SSSR count). The SMILES string of the molecule is CCCCC(=O)c1c(-c2ccc3cc(OC(C#N)CC)ccc3c2)oc2ccc(Cl)cc12. The molecule has 32 heavy (non-hydrogen) atoms. The van der Waals surface area contributed by atoms with E-state index in [1.807, 2.05) is 49.4 Å². The fraction of sp³-hybridized carbons (Fsp3) is 0.259. The van der Waals surface area contributed by atoms with E-state index in [2.05, 4.69) is 13.0 Å². The zero-order valence-corrected chi connectivity index (χ0v) is 18.9. The zero-order valence-electron chi connectivity index (χ0n) is 18.2. The second-order valence-electron chi connectivity index (χ2n) is 7.84. The maximum atomic E-state index is 13.1. The summed E-state index contributed by atoms with van der Waals surface area (Å²) in [4.78, 5) is 13.1. The monoisotopic (exact) mass is 445 g/mol. The number of fused-ring (bicyclic) bond motifs is 2. The van der Waals surface area contributed by atoms with Crippen molar-refractivity contribution in [1.29, 1.82) is 5.26 Å². The highest BCUT2D eigenvalue weighted by Crippen LogP contribution is 2.37. The highest BCUT2D eigenvalue weighted by molar-refractivity contribution is 6.31. The highest BCUT2D eigenvalue weighted by Gasteiger charge is 2.22. The second-order valence-corrected chi connectivity index (χ2v) is 8.28. The zero-order chi connectivity index (χ0) is 22.7. The lowest BCUT2D eigenvalue weighted by atomic mass is 9.97. The van der Waals surface area contributed by atoms with Crippen LogP contribution in [0.15, 0.2) is 59.0 Å². The molecule has 0 aliphatic rings. The van der Waals surface area contributed by atoms with Crippen molar-refractivity contribution < 1.29 is 13.9 Å². The lowest BCUT2D eigenvalue weighted by Gasteiger charge is -2.11. The molecule has 0 saturated heterocycles. The summed E-state index contributed by atoms with van der Waals surface area (Å²) < 4.78 is 11.9. The van der Waals surface area contributed by atoms with Crippen LogP contribution >= 0.6 is 11.6 Å². The molecule has 0 saturated carbocycles. The number of ketones is 1. The number of nitrogens with zero attached hydrogens (tertiary/aromatic N) is 1. The van der Waals surface area contributed by atoms with E-state index in [1.54, 1.807) is 12.1 Å². The Balaban J connectivity index is 1.78. The van der Waals surface area contributed by atoms with E-state index < -0.39 is 6.10 Å². The van der Waals surface area contributed by atoms with Crippen molar-refractivity contribution in [2.75, 3.05) is 0 Å². The van der Waals surface area contributed by atoms with Gasteiger partial charge in [-0.2, -0.15) is 5.26 Å². The van der Waals surface area contributed by atoms with Crippen LogP contribution in [-0.4, -0.2) is 11.9 Å². The first kappa shape index (κ1) is 21.9. The molecule has 4 nitrogen and oxygen atoms in total. The number of unbranched alkanes of at least 4 members (excludes halogenated alkanes) is 1. The van der Waals surface area contributed by atoms with Gasteiger partial charge in [0.15, 0.2) is 11.9 Å². The Morgan fingerprint density at radius 2 is 1.88 bits per heavy atom. The van der Waals surface area contributed by atoms with Crippen LogP contribution in [0.3, 0.4) is 0 Å². The number of hydrogen-bond acceptors (Lipinski definition) is 4. The average Bonchev–Trinajstić information content (AvgIpc) is 3.19. The number of nitriles is 1. The summed E-state index contributed by atoms with van der Waals surface area (Å²) >= 11 is 6.22. The number of rotatable bonds is 8. The largest absolute Gasteiger partial charge is 0.476 e. The summed E-state index contributed by atoms with van der Waals surface area (Å²) in [7, 11) is 0. The van der Waals surface area contributed by atoms with E-state index >= 15 is 0 Å². The maximum absolute atomic E-state index is 13.1. The van der Waals surface area contributed by atoms with Crippen molar-refractivity contribution >= 4 is 39.1 Å². The molecule has 162 valence electrons. The number of carbonyl (C=O) groups is 1. The Labute approximate surface area is 192 Å². The second kappa shape index (κ2) is 9.46. The van der Waals surface area contributed by atoms with E-state index in [-0.39, 0.29) is 5.78 Å². The molecule has 0 aliphatic heterocycles. The van der Waals surface area contributed by atoms with Gasteiger partial charge in [-0.15, -0.1) is 0 Å². The van der Waals surface area contributed by atoms with Gasteiger partial charge in [-0.1, -0.05) is 50.1 Å². The van der Waals surface area contributed by atoms with Crippen molar-refractivity contribution in [2.45, 2.75) is 45.6 Å². The van der Waals surface area contributed by atoms with Gasteiger partial charge < -0.3 is 9.15 Å². The Morgan fingerprint density at radius 3 is 2.62 bits per heavy atom. The topological polar surface area (TPSA) is 63.2 Å². The lowest BCUT2D eigenvalue weighted by Crippen LogP contribution is -2.11. The number of Topliss-reactive ketones (excluding diaryl/α,β-unsaturated/α-hetero) is 1. The van der Waals surface area contributed by atoms with Gasteiger partial charge in [0.2, 0.25) is 0 Å².